The van der Waals surface area contributed by atoms with E-state index in [9.17, 15) is 4.79 Å². The zero-order valence-corrected chi connectivity index (χ0v) is 11.9. The van der Waals surface area contributed by atoms with Crippen molar-refractivity contribution in [1.29, 1.82) is 0 Å². The third-order valence-electron chi connectivity index (χ3n) is 3.05. The van der Waals surface area contributed by atoms with Gasteiger partial charge in [0.1, 0.15) is 5.38 Å². The maximum absolute atomic E-state index is 11.7. The number of amides is 1. The number of piperazine rings is 1. The Bertz CT molecular complexity index is 376. The summed E-state index contributed by atoms with van der Waals surface area (Å²) in [5, 5.41) is -0.418. The quantitative estimate of drug-likeness (QED) is 0.650. The summed E-state index contributed by atoms with van der Waals surface area (Å²) < 4.78 is 0. The Morgan fingerprint density at radius 3 is 2.22 bits per heavy atom. The molecule has 0 spiro atoms. The van der Waals surface area contributed by atoms with Gasteiger partial charge in [-0.1, -0.05) is 18.2 Å². The summed E-state index contributed by atoms with van der Waals surface area (Å²) in [6, 6.07) is 10.3. The molecule has 0 radical (unpaired) electrons. The number of carbonyl (C=O) groups is 1. The molecule has 1 fully saturated rings. The Morgan fingerprint density at radius 2 is 1.72 bits per heavy atom. The van der Waals surface area contributed by atoms with Crippen molar-refractivity contribution in [1.82, 2.24) is 4.90 Å². The lowest BCUT2D eigenvalue weighted by atomic mass is 10.2. The summed E-state index contributed by atoms with van der Waals surface area (Å²) in [7, 11) is 0. The monoisotopic (exact) mass is 287 g/mol. The van der Waals surface area contributed by atoms with Gasteiger partial charge in [-0.15, -0.1) is 11.6 Å². The number of benzene rings is 1. The van der Waals surface area contributed by atoms with E-state index in [0.717, 1.165) is 26.2 Å². The molecular formula is C13H17Cl2N2O-. The maximum atomic E-state index is 11.7. The van der Waals surface area contributed by atoms with Crippen molar-refractivity contribution in [2.45, 2.75) is 12.3 Å². The third kappa shape index (κ3) is 3.53. The van der Waals surface area contributed by atoms with Crippen molar-refractivity contribution in [2.75, 3.05) is 31.1 Å². The minimum absolute atomic E-state index is 0. The standard InChI is InChI=1S/C13H17ClN2O.ClH/c1-11(14)13(17)16-9-7-15(8-10-16)12-5-3-2-4-6-12;/h2-6,11H,7-10H2,1H3;1H/p-1. The van der Waals surface area contributed by atoms with Crippen LogP contribution in [0.25, 0.3) is 0 Å². The molecule has 1 saturated heterocycles. The molecule has 0 N–H and O–H groups in total. The number of carbonyl (C=O) groups excluding carboxylic acids is 1. The molecule has 0 aromatic heterocycles. The van der Waals surface area contributed by atoms with Gasteiger partial charge in [-0.2, -0.15) is 0 Å². The van der Waals surface area contributed by atoms with Crippen LogP contribution in [0, 0.1) is 0 Å². The number of hydrogen-bond acceptors (Lipinski definition) is 2. The largest absolute Gasteiger partial charge is 1.00 e. The van der Waals surface area contributed by atoms with Gasteiger partial charge in [-0.05, 0) is 19.1 Å². The Labute approximate surface area is 119 Å². The molecule has 1 heterocycles. The summed E-state index contributed by atoms with van der Waals surface area (Å²) in [6.07, 6.45) is 0. The first-order valence-corrected chi connectivity index (χ1v) is 6.35. The molecule has 1 aromatic carbocycles. The van der Waals surface area contributed by atoms with Gasteiger partial charge in [0, 0.05) is 31.9 Å². The predicted molar refractivity (Wildman–Crippen MR) is 70.6 cm³/mol. The number of hydrogen-bond donors (Lipinski definition) is 0. The molecule has 100 valence electrons. The van der Waals surface area contributed by atoms with Crippen LogP contribution in [0.3, 0.4) is 0 Å². The molecular weight excluding hydrogens is 271 g/mol. The molecule has 1 unspecified atom stereocenters. The summed E-state index contributed by atoms with van der Waals surface area (Å²) >= 11 is 5.81. The van der Waals surface area contributed by atoms with E-state index in [-0.39, 0.29) is 18.3 Å². The molecule has 0 bridgehead atoms. The fourth-order valence-electron chi connectivity index (χ4n) is 2.08. The first-order valence-electron chi connectivity index (χ1n) is 5.91. The van der Waals surface area contributed by atoms with Crippen molar-refractivity contribution < 1.29 is 17.2 Å². The highest BCUT2D eigenvalue weighted by atomic mass is 35.5. The average Bonchev–Trinajstić information content (AvgIpc) is 2.39. The zero-order valence-electron chi connectivity index (χ0n) is 10.4. The predicted octanol–water partition coefficient (Wildman–Crippen LogP) is -1.03. The lowest BCUT2D eigenvalue weighted by Crippen LogP contribution is -3.00. The first-order chi connectivity index (χ1) is 8.18. The van der Waals surface area contributed by atoms with Gasteiger partial charge in [-0.25, -0.2) is 0 Å². The van der Waals surface area contributed by atoms with E-state index in [0.29, 0.717) is 0 Å². The highest BCUT2D eigenvalue weighted by molar-refractivity contribution is 6.30. The van der Waals surface area contributed by atoms with Crippen LogP contribution in [0.5, 0.6) is 0 Å². The number of anilines is 1. The number of alkyl halides is 1. The van der Waals surface area contributed by atoms with Crippen molar-refractivity contribution in [3.63, 3.8) is 0 Å². The lowest BCUT2D eigenvalue weighted by molar-refractivity contribution is -0.130. The fourth-order valence-corrected chi connectivity index (χ4v) is 2.21. The van der Waals surface area contributed by atoms with Crippen molar-refractivity contribution >= 4 is 23.2 Å². The van der Waals surface area contributed by atoms with Gasteiger partial charge in [0.25, 0.3) is 0 Å². The van der Waals surface area contributed by atoms with Crippen LogP contribution in [0.15, 0.2) is 30.3 Å². The number of rotatable bonds is 2. The van der Waals surface area contributed by atoms with E-state index in [4.69, 9.17) is 11.6 Å². The van der Waals surface area contributed by atoms with Gasteiger partial charge in [0.2, 0.25) is 5.91 Å². The molecule has 2 rings (SSSR count). The highest BCUT2D eigenvalue weighted by Gasteiger charge is 2.23. The molecule has 18 heavy (non-hydrogen) atoms. The van der Waals surface area contributed by atoms with E-state index in [1.54, 1.807) is 6.92 Å². The SMILES string of the molecule is CC(Cl)C(=O)N1CCN(c2ccccc2)CC1.[Cl-]. The van der Waals surface area contributed by atoms with E-state index >= 15 is 0 Å². The van der Waals surface area contributed by atoms with Gasteiger partial charge in [0.15, 0.2) is 0 Å². The lowest BCUT2D eigenvalue weighted by Gasteiger charge is -2.36. The van der Waals surface area contributed by atoms with E-state index in [2.05, 4.69) is 17.0 Å². The molecule has 1 atom stereocenters. The highest BCUT2D eigenvalue weighted by Crippen LogP contribution is 2.16. The Hall–Kier alpha value is -0.930. The van der Waals surface area contributed by atoms with Crippen molar-refractivity contribution in [3.05, 3.63) is 30.3 Å². The van der Waals surface area contributed by atoms with Crippen LogP contribution >= 0.6 is 11.6 Å². The van der Waals surface area contributed by atoms with Crippen molar-refractivity contribution in [2.24, 2.45) is 0 Å². The summed E-state index contributed by atoms with van der Waals surface area (Å²) in [5.41, 5.74) is 1.22. The second kappa shape index (κ2) is 6.86. The topological polar surface area (TPSA) is 23.6 Å². The molecule has 1 aliphatic rings. The van der Waals surface area contributed by atoms with E-state index in [1.165, 1.54) is 5.69 Å². The van der Waals surface area contributed by atoms with Gasteiger partial charge in [-0.3, -0.25) is 4.79 Å². The third-order valence-corrected chi connectivity index (χ3v) is 3.24. The van der Waals surface area contributed by atoms with Gasteiger partial charge >= 0.3 is 0 Å². The Kier molecular flexibility index (Phi) is 5.76. The maximum Gasteiger partial charge on any atom is 0.240 e. The van der Waals surface area contributed by atoms with Gasteiger partial charge < -0.3 is 22.2 Å². The molecule has 1 amide bonds. The Balaban J connectivity index is 0.00000162. The van der Waals surface area contributed by atoms with Crippen LogP contribution < -0.4 is 17.3 Å². The van der Waals surface area contributed by atoms with Gasteiger partial charge in [0.05, 0.1) is 0 Å². The van der Waals surface area contributed by atoms with E-state index in [1.807, 2.05) is 23.1 Å². The molecule has 0 aliphatic carbocycles. The second-order valence-electron chi connectivity index (χ2n) is 4.26. The second-order valence-corrected chi connectivity index (χ2v) is 4.92. The zero-order chi connectivity index (χ0) is 12.3. The van der Waals surface area contributed by atoms with Crippen molar-refractivity contribution in [3.8, 4) is 0 Å². The van der Waals surface area contributed by atoms with E-state index < -0.39 is 5.38 Å². The first kappa shape index (κ1) is 15.1. The summed E-state index contributed by atoms with van der Waals surface area (Å²) in [5.74, 6) is 0.0411. The van der Waals surface area contributed by atoms with Crippen LogP contribution in [0.1, 0.15) is 6.92 Å². The average molecular weight is 288 g/mol. The summed E-state index contributed by atoms with van der Waals surface area (Å²) in [6.45, 7) is 4.99. The summed E-state index contributed by atoms with van der Waals surface area (Å²) in [4.78, 5) is 15.9. The number of halogens is 2. The molecule has 5 heteroatoms. The number of para-hydroxylation sites is 1. The van der Waals surface area contributed by atoms with Crippen LogP contribution in [0.4, 0.5) is 5.69 Å². The van der Waals surface area contributed by atoms with Crippen LogP contribution in [-0.2, 0) is 4.79 Å². The Morgan fingerprint density at radius 1 is 1.17 bits per heavy atom. The fraction of sp³-hybridized carbons (Fsp3) is 0.462. The molecule has 1 aliphatic heterocycles. The normalized spacial score (nSPS) is 17.0. The number of nitrogens with zero attached hydrogens (tertiary/aromatic N) is 2. The van der Waals surface area contributed by atoms with Crippen LogP contribution in [0.2, 0.25) is 0 Å². The molecule has 3 nitrogen and oxygen atoms in total. The van der Waals surface area contributed by atoms with Crippen LogP contribution in [-0.4, -0.2) is 42.4 Å². The minimum Gasteiger partial charge on any atom is -1.00 e. The smallest absolute Gasteiger partial charge is 0.240 e. The molecule has 0 saturated carbocycles. The molecule has 1 aromatic rings. The minimum atomic E-state index is -0.418.